The summed E-state index contributed by atoms with van der Waals surface area (Å²) in [7, 11) is -1.62. The Morgan fingerprint density at radius 1 is 1.20 bits per heavy atom. The summed E-state index contributed by atoms with van der Waals surface area (Å²) in [5.41, 5.74) is 0.250. The van der Waals surface area contributed by atoms with E-state index in [2.05, 4.69) is 20.3 Å². The van der Waals surface area contributed by atoms with Crippen LogP contribution >= 0.6 is 24.0 Å². The third-order valence-electron chi connectivity index (χ3n) is 5.97. The van der Waals surface area contributed by atoms with E-state index in [4.69, 9.17) is 9.47 Å². The van der Waals surface area contributed by atoms with Crippen LogP contribution in [0.1, 0.15) is 58.3 Å². The van der Waals surface area contributed by atoms with E-state index in [9.17, 15) is 8.42 Å². The van der Waals surface area contributed by atoms with Crippen molar-refractivity contribution in [2.75, 3.05) is 52.3 Å². The predicted molar refractivity (Wildman–Crippen MR) is 132 cm³/mol. The van der Waals surface area contributed by atoms with Crippen molar-refractivity contribution in [3.63, 3.8) is 0 Å². The highest BCUT2D eigenvalue weighted by Crippen LogP contribution is 2.40. The molecule has 1 aliphatic carbocycles. The molecule has 1 saturated carbocycles. The Hall–Kier alpha value is -0.170. The molecule has 0 aromatic heterocycles. The zero-order valence-electron chi connectivity index (χ0n) is 18.6. The summed E-state index contributed by atoms with van der Waals surface area (Å²) in [6, 6.07) is 0. The molecule has 1 saturated heterocycles. The monoisotopic (exact) mass is 560 g/mol. The molecule has 2 rings (SSSR count). The first-order valence-corrected chi connectivity index (χ1v) is 12.7. The quantitative estimate of drug-likeness (QED) is 0.147. The zero-order valence-corrected chi connectivity index (χ0v) is 21.7. The molecule has 8 nitrogen and oxygen atoms in total. The number of sulfonamides is 1. The van der Waals surface area contributed by atoms with Gasteiger partial charge in [0.1, 0.15) is 0 Å². The van der Waals surface area contributed by atoms with E-state index in [0.29, 0.717) is 19.0 Å². The van der Waals surface area contributed by atoms with E-state index < -0.39 is 10.0 Å². The van der Waals surface area contributed by atoms with Crippen molar-refractivity contribution in [3.8, 4) is 0 Å². The van der Waals surface area contributed by atoms with Crippen molar-refractivity contribution in [2.24, 2.45) is 10.4 Å². The maximum atomic E-state index is 12.2. The lowest BCUT2D eigenvalue weighted by atomic mass is 9.83. The Morgan fingerprint density at radius 2 is 1.97 bits per heavy atom. The molecule has 0 aromatic rings. The normalized spacial score (nSPS) is 21.8. The van der Waals surface area contributed by atoms with E-state index in [0.717, 1.165) is 52.0 Å². The van der Waals surface area contributed by atoms with Gasteiger partial charge in [-0.2, -0.15) is 0 Å². The Morgan fingerprint density at radius 3 is 2.60 bits per heavy atom. The van der Waals surface area contributed by atoms with Crippen molar-refractivity contribution in [1.82, 2.24) is 15.4 Å². The molecule has 1 unspecified atom stereocenters. The molecule has 3 N–H and O–H groups in total. The maximum Gasteiger partial charge on any atom is 0.213 e. The van der Waals surface area contributed by atoms with Crippen LogP contribution in [0, 0.1) is 5.41 Å². The summed E-state index contributed by atoms with van der Waals surface area (Å²) in [4.78, 5) is 4.24. The fourth-order valence-corrected chi connectivity index (χ4v) is 5.08. The summed E-state index contributed by atoms with van der Waals surface area (Å²) in [6.07, 6.45) is 9.04. The molecule has 1 atom stereocenters. The molecule has 1 heterocycles. The van der Waals surface area contributed by atoms with Crippen molar-refractivity contribution >= 4 is 40.0 Å². The fraction of sp³-hybridized carbons (Fsp3) is 0.950. The number of guanidine groups is 1. The van der Waals surface area contributed by atoms with Crippen molar-refractivity contribution < 1.29 is 17.9 Å². The lowest BCUT2D eigenvalue weighted by Crippen LogP contribution is -2.45. The lowest BCUT2D eigenvalue weighted by Gasteiger charge is -2.30. The van der Waals surface area contributed by atoms with Gasteiger partial charge >= 0.3 is 0 Å². The van der Waals surface area contributed by atoms with Gasteiger partial charge in [0.2, 0.25) is 10.0 Å². The third-order valence-corrected chi connectivity index (χ3v) is 7.32. The van der Waals surface area contributed by atoms with Crippen molar-refractivity contribution in [1.29, 1.82) is 0 Å². The molecule has 1 aliphatic heterocycles. The average molecular weight is 561 g/mol. The highest BCUT2D eigenvalue weighted by molar-refractivity contribution is 14.0. The minimum Gasteiger partial charge on any atom is -0.382 e. The topological polar surface area (TPSA) is 101 Å². The van der Waals surface area contributed by atoms with Crippen LogP contribution in [0.4, 0.5) is 0 Å². The number of nitrogens with zero attached hydrogens (tertiary/aromatic N) is 1. The smallest absolute Gasteiger partial charge is 0.213 e. The summed E-state index contributed by atoms with van der Waals surface area (Å²) in [6.45, 7) is 5.80. The van der Waals surface area contributed by atoms with E-state index in [1.54, 1.807) is 7.05 Å². The van der Waals surface area contributed by atoms with Crippen molar-refractivity contribution in [3.05, 3.63) is 0 Å². The molecule has 178 valence electrons. The van der Waals surface area contributed by atoms with Gasteiger partial charge in [-0.15, -0.1) is 24.0 Å². The SMILES string of the molecule is CCOCCC1(CNC(=NC)NCCS(=O)(=O)NCC2CCCCO2)CCCC1.I. The Bertz CT molecular complexity index is 592. The van der Waals surface area contributed by atoms with E-state index >= 15 is 0 Å². The van der Waals surface area contributed by atoms with Gasteiger partial charge in [0.25, 0.3) is 0 Å². The summed E-state index contributed by atoms with van der Waals surface area (Å²) in [5.74, 6) is 0.661. The van der Waals surface area contributed by atoms with Gasteiger partial charge in [0, 0.05) is 46.5 Å². The highest BCUT2D eigenvalue weighted by atomic mass is 127. The second-order valence-electron chi connectivity index (χ2n) is 8.16. The van der Waals surface area contributed by atoms with Crippen molar-refractivity contribution in [2.45, 2.75) is 64.4 Å². The van der Waals surface area contributed by atoms with Crippen LogP contribution in [0.3, 0.4) is 0 Å². The number of ether oxygens (including phenoxy) is 2. The van der Waals surface area contributed by atoms with E-state index in [-0.39, 0.29) is 41.2 Å². The molecule has 2 aliphatic rings. The average Bonchev–Trinajstić information content (AvgIpc) is 3.19. The van der Waals surface area contributed by atoms with Crippen LogP contribution in [-0.4, -0.2) is 72.7 Å². The zero-order chi connectivity index (χ0) is 21.0. The van der Waals surface area contributed by atoms with Crippen LogP contribution in [0.15, 0.2) is 4.99 Å². The van der Waals surface area contributed by atoms with Gasteiger partial charge in [-0.1, -0.05) is 12.8 Å². The molecular formula is C20H41IN4O4S. The molecule has 0 aromatic carbocycles. The Balaban J connectivity index is 0.00000450. The van der Waals surface area contributed by atoms with E-state index in [1.165, 1.54) is 25.7 Å². The Kier molecular flexibility index (Phi) is 13.8. The second kappa shape index (κ2) is 14.8. The van der Waals surface area contributed by atoms with Crippen LogP contribution in [0.5, 0.6) is 0 Å². The predicted octanol–water partition coefficient (Wildman–Crippen LogP) is 2.24. The van der Waals surface area contributed by atoms with Gasteiger partial charge < -0.3 is 20.1 Å². The number of halogens is 1. The number of nitrogens with one attached hydrogen (secondary N) is 3. The standard InChI is InChI=1S/C20H40N4O4S.HI/c1-3-27-14-11-20(9-5-6-10-20)17-23-19(21-2)22-12-15-29(25,26)24-16-18-8-4-7-13-28-18;/h18,24H,3-17H2,1-2H3,(H2,21,22,23);1H. The van der Waals surface area contributed by atoms with Gasteiger partial charge in [-0.3, -0.25) is 4.99 Å². The number of hydrogen-bond acceptors (Lipinski definition) is 5. The number of rotatable bonds is 12. The molecule has 2 fully saturated rings. The molecular weight excluding hydrogens is 519 g/mol. The summed E-state index contributed by atoms with van der Waals surface area (Å²) in [5, 5.41) is 6.53. The second-order valence-corrected chi connectivity index (χ2v) is 10.1. The number of hydrogen-bond donors (Lipinski definition) is 3. The van der Waals surface area contributed by atoms with E-state index in [1.807, 2.05) is 6.92 Å². The van der Waals surface area contributed by atoms with Crippen LogP contribution in [-0.2, 0) is 19.5 Å². The van der Waals surface area contributed by atoms with Crippen LogP contribution in [0.2, 0.25) is 0 Å². The van der Waals surface area contributed by atoms with Crippen LogP contribution < -0.4 is 15.4 Å². The third kappa shape index (κ3) is 10.4. The molecule has 0 bridgehead atoms. The van der Waals surface area contributed by atoms with Gasteiger partial charge in [0.15, 0.2) is 5.96 Å². The molecule has 0 amide bonds. The largest absolute Gasteiger partial charge is 0.382 e. The first-order chi connectivity index (χ1) is 14.0. The van der Waals surface area contributed by atoms with Gasteiger partial charge in [-0.05, 0) is 50.9 Å². The maximum absolute atomic E-state index is 12.2. The summed E-state index contributed by atoms with van der Waals surface area (Å²) >= 11 is 0. The molecule has 0 spiro atoms. The minimum atomic E-state index is -3.33. The fourth-order valence-electron chi connectivity index (χ4n) is 4.13. The highest BCUT2D eigenvalue weighted by Gasteiger charge is 2.33. The molecule has 10 heteroatoms. The first-order valence-electron chi connectivity index (χ1n) is 11.1. The summed E-state index contributed by atoms with van der Waals surface area (Å²) < 4.78 is 38.3. The number of aliphatic imine (C=N–C) groups is 1. The Labute approximate surface area is 199 Å². The first kappa shape index (κ1) is 27.9. The van der Waals surface area contributed by atoms with Gasteiger partial charge in [-0.25, -0.2) is 13.1 Å². The lowest BCUT2D eigenvalue weighted by molar-refractivity contribution is 0.0200. The molecule has 30 heavy (non-hydrogen) atoms. The van der Waals surface area contributed by atoms with Crippen LogP contribution in [0.25, 0.3) is 0 Å². The molecule has 0 radical (unpaired) electrons. The van der Waals surface area contributed by atoms with Gasteiger partial charge in [0.05, 0.1) is 11.9 Å². The minimum absolute atomic E-state index is 0.